The van der Waals surface area contributed by atoms with Gasteiger partial charge in [-0.3, -0.25) is 9.36 Å². The molecular weight excluding hydrogens is 474 g/mol. The first-order chi connectivity index (χ1) is 16.7. The van der Waals surface area contributed by atoms with E-state index in [0.29, 0.717) is 30.3 Å². The van der Waals surface area contributed by atoms with Gasteiger partial charge in [-0.15, -0.1) is 5.10 Å². The standard InChI is InChI=1S/C24H30ClN5O5/c1-24(2,3)35-23(32)27-18(15-5-7-17(33-4)8-6-15)14-29-21(31)19-13-26-20(30(19)28-22(29)25)16-9-11-34-12-10-16/h5-8,13,16,18H,9-12,14H2,1-4H3,(H,27,32). The smallest absolute Gasteiger partial charge is 0.408 e. The lowest BCUT2D eigenvalue weighted by Gasteiger charge is -2.25. The normalized spacial score (nSPS) is 15.7. The first kappa shape index (κ1) is 25.0. The van der Waals surface area contributed by atoms with Crippen molar-refractivity contribution >= 4 is 23.2 Å². The predicted octanol–water partition coefficient (Wildman–Crippen LogP) is 3.71. The van der Waals surface area contributed by atoms with E-state index in [1.54, 1.807) is 40.0 Å². The van der Waals surface area contributed by atoms with Gasteiger partial charge in [0.2, 0.25) is 5.28 Å². The number of hydrogen-bond donors (Lipinski definition) is 1. The van der Waals surface area contributed by atoms with Crippen molar-refractivity contribution in [2.75, 3.05) is 20.3 Å². The van der Waals surface area contributed by atoms with E-state index >= 15 is 0 Å². The van der Waals surface area contributed by atoms with Crippen LogP contribution >= 0.6 is 11.6 Å². The lowest BCUT2D eigenvalue weighted by Crippen LogP contribution is -2.38. The summed E-state index contributed by atoms with van der Waals surface area (Å²) in [4.78, 5) is 30.5. The molecule has 4 rings (SSSR count). The molecule has 3 heterocycles. The summed E-state index contributed by atoms with van der Waals surface area (Å²) in [5.41, 5.74) is 0.0413. The van der Waals surface area contributed by atoms with E-state index in [1.807, 2.05) is 12.1 Å². The van der Waals surface area contributed by atoms with Gasteiger partial charge >= 0.3 is 6.09 Å². The molecule has 0 saturated carbocycles. The van der Waals surface area contributed by atoms with Crippen LogP contribution in [0.3, 0.4) is 0 Å². The minimum atomic E-state index is -0.679. The van der Waals surface area contributed by atoms with Crippen molar-refractivity contribution in [2.45, 2.75) is 57.7 Å². The number of rotatable bonds is 6. The molecule has 1 N–H and O–H groups in total. The number of ether oxygens (including phenoxy) is 3. The van der Waals surface area contributed by atoms with Crippen molar-refractivity contribution in [3.8, 4) is 5.75 Å². The third kappa shape index (κ3) is 5.76. The number of amides is 1. The second kappa shape index (κ2) is 10.2. The van der Waals surface area contributed by atoms with Crippen LogP contribution in [-0.4, -0.2) is 51.2 Å². The van der Waals surface area contributed by atoms with Crippen LogP contribution in [-0.2, 0) is 16.0 Å². The molecule has 11 heteroatoms. The van der Waals surface area contributed by atoms with Gasteiger partial charge in [0.25, 0.3) is 5.56 Å². The molecule has 0 aliphatic carbocycles. The fourth-order valence-corrected chi connectivity index (χ4v) is 4.29. The maximum Gasteiger partial charge on any atom is 0.408 e. The Kier molecular flexibility index (Phi) is 7.32. The molecule has 35 heavy (non-hydrogen) atoms. The Bertz CT molecular complexity index is 1240. The number of nitrogens with one attached hydrogen (secondary N) is 1. The van der Waals surface area contributed by atoms with E-state index in [1.165, 1.54) is 15.3 Å². The van der Waals surface area contributed by atoms with Gasteiger partial charge in [0.15, 0.2) is 5.52 Å². The second-order valence-corrected chi connectivity index (χ2v) is 9.79. The summed E-state index contributed by atoms with van der Waals surface area (Å²) in [5.74, 6) is 1.52. The molecule has 1 aliphatic rings. The molecule has 1 aliphatic heterocycles. The fourth-order valence-electron chi connectivity index (χ4n) is 4.06. The topological polar surface area (TPSA) is 109 Å². The third-order valence-electron chi connectivity index (χ3n) is 5.79. The maximum absolute atomic E-state index is 13.4. The van der Waals surface area contributed by atoms with E-state index in [4.69, 9.17) is 25.8 Å². The highest BCUT2D eigenvalue weighted by Gasteiger charge is 2.26. The minimum Gasteiger partial charge on any atom is -0.497 e. The van der Waals surface area contributed by atoms with Crippen LogP contribution in [0.25, 0.3) is 5.52 Å². The zero-order valence-electron chi connectivity index (χ0n) is 20.3. The Morgan fingerprint density at radius 2 is 1.94 bits per heavy atom. The molecule has 10 nitrogen and oxygen atoms in total. The number of halogens is 1. The van der Waals surface area contributed by atoms with Crippen LogP contribution in [0.1, 0.15) is 57.0 Å². The molecule has 1 unspecified atom stereocenters. The Labute approximate surface area is 208 Å². The van der Waals surface area contributed by atoms with Gasteiger partial charge in [0, 0.05) is 19.1 Å². The monoisotopic (exact) mass is 503 g/mol. The SMILES string of the molecule is COc1ccc(C(Cn2c(Cl)nn3c(C4CCOCC4)ncc3c2=O)NC(=O)OC(C)(C)C)cc1. The molecule has 188 valence electrons. The number of hydrogen-bond acceptors (Lipinski definition) is 7. The van der Waals surface area contributed by atoms with E-state index in [9.17, 15) is 9.59 Å². The first-order valence-electron chi connectivity index (χ1n) is 11.5. The summed E-state index contributed by atoms with van der Waals surface area (Å²) in [7, 11) is 1.58. The van der Waals surface area contributed by atoms with Crippen molar-refractivity contribution in [1.29, 1.82) is 0 Å². The summed E-state index contributed by atoms with van der Waals surface area (Å²) in [6.07, 6.45) is 2.53. The molecule has 0 bridgehead atoms. The van der Waals surface area contributed by atoms with Crippen LogP contribution in [0.5, 0.6) is 5.75 Å². The summed E-state index contributed by atoms with van der Waals surface area (Å²) >= 11 is 6.51. The molecular formula is C24H30ClN5O5. The average molecular weight is 504 g/mol. The Morgan fingerprint density at radius 1 is 1.26 bits per heavy atom. The Balaban J connectivity index is 1.68. The second-order valence-electron chi connectivity index (χ2n) is 9.46. The van der Waals surface area contributed by atoms with Crippen molar-refractivity contribution in [2.24, 2.45) is 0 Å². The average Bonchev–Trinajstić information content (AvgIpc) is 3.24. The number of aromatic nitrogens is 4. The molecule has 0 spiro atoms. The zero-order valence-corrected chi connectivity index (χ0v) is 21.0. The number of methoxy groups -OCH3 is 1. The largest absolute Gasteiger partial charge is 0.497 e. The fraction of sp³-hybridized carbons (Fsp3) is 0.500. The van der Waals surface area contributed by atoms with Crippen LogP contribution in [0.15, 0.2) is 35.3 Å². The van der Waals surface area contributed by atoms with Gasteiger partial charge in [-0.2, -0.15) is 0 Å². The summed E-state index contributed by atoms with van der Waals surface area (Å²) < 4.78 is 19.0. The lowest BCUT2D eigenvalue weighted by molar-refractivity contribution is 0.0498. The molecule has 3 aromatic rings. The number of alkyl carbamates (subject to hydrolysis) is 1. The van der Waals surface area contributed by atoms with E-state index in [0.717, 1.165) is 18.4 Å². The van der Waals surface area contributed by atoms with E-state index in [-0.39, 0.29) is 23.3 Å². The molecule has 1 atom stereocenters. The number of carbonyl (C=O) groups is 1. The number of fused-ring (bicyclic) bond motifs is 1. The molecule has 1 aromatic carbocycles. The highest BCUT2D eigenvalue weighted by molar-refractivity contribution is 6.28. The van der Waals surface area contributed by atoms with Gasteiger partial charge in [-0.05, 0) is 62.9 Å². The number of nitrogens with zero attached hydrogens (tertiary/aromatic N) is 4. The minimum absolute atomic E-state index is 0.00156. The summed E-state index contributed by atoms with van der Waals surface area (Å²) in [6, 6.07) is 6.57. The Morgan fingerprint density at radius 3 is 2.57 bits per heavy atom. The lowest BCUT2D eigenvalue weighted by atomic mass is 10.00. The zero-order chi connectivity index (χ0) is 25.2. The number of imidazole rings is 1. The molecule has 0 radical (unpaired) electrons. The van der Waals surface area contributed by atoms with E-state index < -0.39 is 17.7 Å². The van der Waals surface area contributed by atoms with Crippen molar-refractivity contribution in [3.05, 3.63) is 57.5 Å². The highest BCUT2D eigenvalue weighted by atomic mass is 35.5. The quantitative estimate of drug-likeness (QED) is 0.546. The van der Waals surface area contributed by atoms with Crippen molar-refractivity contribution in [1.82, 2.24) is 24.5 Å². The maximum atomic E-state index is 13.4. The van der Waals surface area contributed by atoms with Gasteiger partial charge in [-0.25, -0.2) is 14.3 Å². The third-order valence-corrected chi connectivity index (χ3v) is 6.07. The van der Waals surface area contributed by atoms with Gasteiger partial charge in [0.05, 0.1) is 25.9 Å². The van der Waals surface area contributed by atoms with Gasteiger partial charge < -0.3 is 19.5 Å². The van der Waals surface area contributed by atoms with Crippen LogP contribution < -0.4 is 15.6 Å². The highest BCUT2D eigenvalue weighted by Crippen LogP contribution is 2.26. The molecule has 1 saturated heterocycles. The Hall–Kier alpha value is -3.11. The molecule has 2 aromatic heterocycles. The molecule has 1 fully saturated rings. The van der Waals surface area contributed by atoms with Crippen LogP contribution in [0.2, 0.25) is 5.28 Å². The van der Waals surface area contributed by atoms with Crippen molar-refractivity contribution < 1.29 is 19.0 Å². The van der Waals surface area contributed by atoms with Crippen molar-refractivity contribution in [3.63, 3.8) is 0 Å². The van der Waals surface area contributed by atoms with Crippen LogP contribution in [0, 0.1) is 0 Å². The van der Waals surface area contributed by atoms with Crippen LogP contribution in [0.4, 0.5) is 4.79 Å². The van der Waals surface area contributed by atoms with E-state index in [2.05, 4.69) is 15.4 Å². The predicted molar refractivity (Wildman–Crippen MR) is 130 cm³/mol. The number of carbonyl (C=O) groups excluding carboxylic acids is 1. The summed E-state index contributed by atoms with van der Waals surface area (Å²) in [5, 5.41) is 7.31. The first-order valence-corrected chi connectivity index (χ1v) is 11.9. The number of benzene rings is 1. The summed E-state index contributed by atoms with van der Waals surface area (Å²) in [6.45, 7) is 6.68. The van der Waals surface area contributed by atoms with Gasteiger partial charge in [0.1, 0.15) is 17.2 Å². The molecule has 1 amide bonds. The van der Waals surface area contributed by atoms with Gasteiger partial charge in [-0.1, -0.05) is 12.1 Å².